The van der Waals surface area contributed by atoms with Gasteiger partial charge in [0.25, 0.3) is 0 Å². The van der Waals surface area contributed by atoms with Crippen LogP contribution < -0.4 is 10.1 Å². The molecule has 0 aliphatic carbocycles. The summed E-state index contributed by atoms with van der Waals surface area (Å²) in [4.78, 5) is 0. The lowest BCUT2D eigenvalue weighted by atomic mass is 9.99. The summed E-state index contributed by atoms with van der Waals surface area (Å²) in [5.41, 5.74) is 2.41. The van der Waals surface area contributed by atoms with E-state index in [1.54, 1.807) is 7.11 Å². The number of methoxy groups -OCH3 is 1. The molecule has 0 radical (unpaired) electrons. The van der Waals surface area contributed by atoms with Crippen molar-refractivity contribution in [2.45, 2.75) is 25.8 Å². The zero-order valence-electron chi connectivity index (χ0n) is 10.3. The third kappa shape index (κ3) is 2.97. The van der Waals surface area contributed by atoms with Crippen LogP contribution in [-0.4, -0.2) is 25.9 Å². The van der Waals surface area contributed by atoms with E-state index in [2.05, 4.69) is 24.4 Å². The smallest absolute Gasteiger partial charge is 0.123 e. The van der Waals surface area contributed by atoms with Gasteiger partial charge in [0.15, 0.2) is 0 Å². The first-order chi connectivity index (χ1) is 7.76. The van der Waals surface area contributed by atoms with Crippen LogP contribution in [0.5, 0.6) is 5.75 Å². The Bertz CT molecular complexity index is 326. The number of rotatable bonds is 6. The molecule has 0 heterocycles. The highest BCUT2D eigenvalue weighted by molar-refractivity contribution is 5.39. The van der Waals surface area contributed by atoms with Crippen molar-refractivity contribution in [1.82, 2.24) is 5.32 Å². The average Bonchev–Trinajstić information content (AvgIpc) is 2.35. The number of aliphatic hydroxyl groups excluding tert-OH is 1. The molecule has 16 heavy (non-hydrogen) atoms. The van der Waals surface area contributed by atoms with Crippen molar-refractivity contribution in [2.75, 3.05) is 20.8 Å². The fourth-order valence-corrected chi connectivity index (χ4v) is 1.86. The van der Waals surface area contributed by atoms with Crippen LogP contribution >= 0.6 is 0 Å². The van der Waals surface area contributed by atoms with Crippen LogP contribution in [0.2, 0.25) is 0 Å². The van der Waals surface area contributed by atoms with Crippen molar-refractivity contribution in [1.29, 1.82) is 0 Å². The van der Waals surface area contributed by atoms with Gasteiger partial charge in [-0.3, -0.25) is 0 Å². The molecule has 0 aliphatic rings. The summed E-state index contributed by atoms with van der Waals surface area (Å²) in [6.45, 7) is 2.30. The van der Waals surface area contributed by atoms with Crippen LogP contribution in [-0.2, 0) is 6.42 Å². The van der Waals surface area contributed by atoms with Crippen molar-refractivity contribution in [3.63, 3.8) is 0 Å². The third-order valence-corrected chi connectivity index (χ3v) is 2.84. The molecular weight excluding hydrogens is 202 g/mol. The SMILES string of the molecule is CCc1ccc(OC)c(C(CCO)NC)c1. The minimum absolute atomic E-state index is 0.145. The normalized spacial score (nSPS) is 12.5. The minimum atomic E-state index is 0.145. The Hall–Kier alpha value is -1.06. The number of ether oxygens (including phenoxy) is 1. The summed E-state index contributed by atoms with van der Waals surface area (Å²) in [5.74, 6) is 0.880. The Morgan fingerprint density at radius 3 is 2.69 bits per heavy atom. The molecule has 3 nitrogen and oxygen atoms in total. The molecule has 1 aromatic rings. The molecule has 2 N–H and O–H groups in total. The lowest BCUT2D eigenvalue weighted by Crippen LogP contribution is -2.18. The van der Waals surface area contributed by atoms with E-state index in [0.29, 0.717) is 6.42 Å². The second-order valence-corrected chi connectivity index (χ2v) is 3.78. The molecule has 0 aliphatic heterocycles. The van der Waals surface area contributed by atoms with Gasteiger partial charge in [0.2, 0.25) is 0 Å². The zero-order valence-corrected chi connectivity index (χ0v) is 10.3. The molecule has 1 aromatic carbocycles. The van der Waals surface area contributed by atoms with E-state index >= 15 is 0 Å². The third-order valence-electron chi connectivity index (χ3n) is 2.84. The highest BCUT2D eigenvalue weighted by Gasteiger charge is 2.14. The molecule has 0 saturated heterocycles. The van der Waals surface area contributed by atoms with Crippen LogP contribution in [0.3, 0.4) is 0 Å². The number of aryl methyl sites for hydroxylation is 1. The van der Waals surface area contributed by atoms with Gasteiger partial charge in [-0.05, 0) is 31.5 Å². The maximum absolute atomic E-state index is 9.04. The van der Waals surface area contributed by atoms with Crippen molar-refractivity contribution < 1.29 is 9.84 Å². The lowest BCUT2D eigenvalue weighted by Gasteiger charge is -2.19. The highest BCUT2D eigenvalue weighted by Crippen LogP contribution is 2.28. The Morgan fingerprint density at radius 1 is 1.44 bits per heavy atom. The monoisotopic (exact) mass is 223 g/mol. The minimum Gasteiger partial charge on any atom is -0.496 e. The molecule has 0 spiro atoms. The second kappa shape index (κ2) is 6.51. The lowest BCUT2D eigenvalue weighted by molar-refractivity contribution is 0.267. The summed E-state index contributed by atoms with van der Waals surface area (Å²) in [5, 5.41) is 12.2. The average molecular weight is 223 g/mol. The topological polar surface area (TPSA) is 41.5 Å². The summed E-state index contributed by atoms with van der Waals surface area (Å²) < 4.78 is 5.35. The molecule has 3 heteroatoms. The molecule has 0 fully saturated rings. The van der Waals surface area contributed by atoms with E-state index in [1.165, 1.54) is 5.56 Å². The van der Waals surface area contributed by atoms with Crippen LogP contribution in [0, 0.1) is 0 Å². The van der Waals surface area contributed by atoms with Crippen LogP contribution in [0.15, 0.2) is 18.2 Å². The molecule has 0 saturated carbocycles. The van der Waals surface area contributed by atoms with Gasteiger partial charge >= 0.3 is 0 Å². The van der Waals surface area contributed by atoms with Gasteiger partial charge in [-0.15, -0.1) is 0 Å². The number of hydrogen-bond donors (Lipinski definition) is 2. The molecule has 0 bridgehead atoms. The fourth-order valence-electron chi connectivity index (χ4n) is 1.86. The van der Waals surface area contributed by atoms with E-state index in [0.717, 1.165) is 17.7 Å². The predicted molar refractivity (Wildman–Crippen MR) is 65.9 cm³/mol. The Balaban J connectivity index is 3.05. The van der Waals surface area contributed by atoms with Crippen LogP contribution in [0.25, 0.3) is 0 Å². The quantitative estimate of drug-likeness (QED) is 0.774. The highest BCUT2D eigenvalue weighted by atomic mass is 16.5. The number of benzene rings is 1. The Kier molecular flexibility index (Phi) is 5.29. The summed E-state index contributed by atoms with van der Waals surface area (Å²) in [6.07, 6.45) is 1.70. The second-order valence-electron chi connectivity index (χ2n) is 3.78. The van der Waals surface area contributed by atoms with Crippen LogP contribution in [0.4, 0.5) is 0 Å². The Morgan fingerprint density at radius 2 is 2.19 bits per heavy atom. The van der Waals surface area contributed by atoms with E-state index in [9.17, 15) is 0 Å². The van der Waals surface area contributed by atoms with E-state index in [-0.39, 0.29) is 12.6 Å². The first-order valence-corrected chi connectivity index (χ1v) is 5.71. The van der Waals surface area contributed by atoms with Gasteiger partial charge in [0.1, 0.15) is 5.75 Å². The van der Waals surface area contributed by atoms with Gasteiger partial charge in [-0.25, -0.2) is 0 Å². The summed E-state index contributed by atoms with van der Waals surface area (Å²) in [7, 11) is 3.58. The van der Waals surface area contributed by atoms with Crippen LogP contribution in [0.1, 0.15) is 30.5 Å². The van der Waals surface area contributed by atoms with E-state index < -0.39 is 0 Å². The van der Waals surface area contributed by atoms with Gasteiger partial charge in [0.05, 0.1) is 7.11 Å². The summed E-state index contributed by atoms with van der Waals surface area (Å²) >= 11 is 0. The molecule has 0 amide bonds. The van der Waals surface area contributed by atoms with E-state index in [1.807, 2.05) is 13.1 Å². The van der Waals surface area contributed by atoms with E-state index in [4.69, 9.17) is 9.84 Å². The van der Waals surface area contributed by atoms with Crippen molar-refractivity contribution >= 4 is 0 Å². The molecular formula is C13H21NO2. The number of hydrogen-bond acceptors (Lipinski definition) is 3. The standard InChI is InChI=1S/C13H21NO2/c1-4-10-5-6-13(16-3)11(9-10)12(14-2)7-8-15/h5-6,9,12,14-15H,4,7-8H2,1-3H3. The molecule has 1 unspecified atom stereocenters. The predicted octanol–water partition coefficient (Wildman–Crippen LogP) is 1.90. The molecule has 90 valence electrons. The maximum Gasteiger partial charge on any atom is 0.123 e. The van der Waals surface area contributed by atoms with Crippen molar-refractivity contribution in [3.8, 4) is 5.75 Å². The van der Waals surface area contributed by atoms with Crippen molar-refractivity contribution in [3.05, 3.63) is 29.3 Å². The molecule has 1 rings (SSSR count). The van der Waals surface area contributed by atoms with Gasteiger partial charge in [-0.2, -0.15) is 0 Å². The zero-order chi connectivity index (χ0) is 12.0. The number of aliphatic hydroxyl groups is 1. The first-order valence-electron chi connectivity index (χ1n) is 5.71. The fraction of sp³-hybridized carbons (Fsp3) is 0.538. The largest absolute Gasteiger partial charge is 0.496 e. The summed E-state index contributed by atoms with van der Waals surface area (Å²) in [6, 6.07) is 6.37. The first kappa shape index (κ1) is 13.0. The Labute approximate surface area is 97.4 Å². The van der Waals surface area contributed by atoms with Gasteiger partial charge in [-0.1, -0.05) is 19.1 Å². The molecule has 0 aromatic heterocycles. The van der Waals surface area contributed by atoms with Gasteiger partial charge in [0, 0.05) is 18.2 Å². The van der Waals surface area contributed by atoms with Gasteiger partial charge < -0.3 is 15.2 Å². The van der Waals surface area contributed by atoms with Crippen molar-refractivity contribution in [2.24, 2.45) is 0 Å². The molecule has 1 atom stereocenters. The maximum atomic E-state index is 9.04. The number of nitrogens with one attached hydrogen (secondary N) is 1.